The molecular formula is C16H19N3O2. The Morgan fingerprint density at radius 1 is 1.33 bits per heavy atom. The van der Waals surface area contributed by atoms with Gasteiger partial charge in [-0.05, 0) is 32.0 Å². The molecule has 0 atom stereocenters. The van der Waals surface area contributed by atoms with E-state index in [1.54, 1.807) is 12.3 Å². The number of nitrogens with two attached hydrogens (primary N) is 1. The average molecular weight is 285 g/mol. The number of rotatable bonds is 4. The second-order valence-electron chi connectivity index (χ2n) is 4.71. The highest BCUT2D eigenvalue weighted by Crippen LogP contribution is 2.28. The average Bonchev–Trinajstić information content (AvgIpc) is 2.50. The van der Waals surface area contributed by atoms with Gasteiger partial charge < -0.3 is 15.4 Å². The van der Waals surface area contributed by atoms with Crippen LogP contribution in [0.3, 0.4) is 0 Å². The minimum absolute atomic E-state index is 0.361. The summed E-state index contributed by atoms with van der Waals surface area (Å²) >= 11 is 0. The molecule has 110 valence electrons. The number of carbonyl (C=O) groups excluding carboxylic acids is 1. The summed E-state index contributed by atoms with van der Waals surface area (Å²) in [5, 5.41) is 0. The first-order valence-electron chi connectivity index (χ1n) is 6.74. The summed E-state index contributed by atoms with van der Waals surface area (Å²) in [5.41, 5.74) is 8.66. The summed E-state index contributed by atoms with van der Waals surface area (Å²) in [6.45, 7) is 4.70. The second kappa shape index (κ2) is 6.26. The van der Waals surface area contributed by atoms with Gasteiger partial charge in [-0.2, -0.15) is 0 Å². The molecule has 1 heterocycles. The van der Waals surface area contributed by atoms with Crippen molar-refractivity contribution >= 4 is 23.2 Å². The van der Waals surface area contributed by atoms with Crippen LogP contribution in [0.2, 0.25) is 0 Å². The molecule has 0 spiro atoms. The van der Waals surface area contributed by atoms with Crippen LogP contribution in [-0.4, -0.2) is 24.6 Å². The smallest absolute Gasteiger partial charge is 0.341 e. The molecule has 0 unspecified atom stereocenters. The number of methoxy groups -OCH3 is 1. The van der Waals surface area contributed by atoms with Crippen LogP contribution in [-0.2, 0) is 4.74 Å². The third-order valence-electron chi connectivity index (χ3n) is 3.21. The Hall–Kier alpha value is -2.56. The van der Waals surface area contributed by atoms with Gasteiger partial charge in [0.25, 0.3) is 0 Å². The first-order chi connectivity index (χ1) is 10.1. The van der Waals surface area contributed by atoms with Crippen LogP contribution in [0.4, 0.5) is 17.2 Å². The van der Waals surface area contributed by atoms with Crippen molar-refractivity contribution in [1.82, 2.24) is 4.98 Å². The van der Waals surface area contributed by atoms with Gasteiger partial charge in [-0.1, -0.05) is 17.7 Å². The van der Waals surface area contributed by atoms with Crippen molar-refractivity contribution in [2.24, 2.45) is 0 Å². The SMILES string of the molecule is CCN(c1ccc(C)cc1)c1ncc(N)cc1C(=O)OC. The largest absolute Gasteiger partial charge is 0.465 e. The standard InChI is InChI=1S/C16H19N3O2/c1-4-19(13-7-5-11(2)6-8-13)15-14(16(20)21-3)9-12(17)10-18-15/h5-10H,4,17H2,1-3H3. The Morgan fingerprint density at radius 2 is 2.00 bits per heavy atom. The van der Waals surface area contributed by atoms with Crippen LogP contribution in [0, 0.1) is 6.92 Å². The number of anilines is 3. The predicted molar refractivity (Wildman–Crippen MR) is 83.8 cm³/mol. The lowest BCUT2D eigenvalue weighted by molar-refractivity contribution is 0.0601. The van der Waals surface area contributed by atoms with Crippen LogP contribution in [0.15, 0.2) is 36.5 Å². The molecule has 5 heteroatoms. The summed E-state index contributed by atoms with van der Waals surface area (Å²) in [6.07, 6.45) is 1.54. The van der Waals surface area contributed by atoms with Gasteiger partial charge in [0.05, 0.1) is 19.0 Å². The summed E-state index contributed by atoms with van der Waals surface area (Å²) in [5.74, 6) is 0.0952. The molecule has 0 fully saturated rings. The van der Waals surface area contributed by atoms with Gasteiger partial charge in [0, 0.05) is 12.2 Å². The Morgan fingerprint density at radius 3 is 2.57 bits per heavy atom. The number of benzene rings is 1. The number of nitrogen functional groups attached to an aromatic ring is 1. The molecule has 0 saturated carbocycles. The molecule has 2 aromatic rings. The normalized spacial score (nSPS) is 10.2. The van der Waals surface area contributed by atoms with Gasteiger partial charge in [0.1, 0.15) is 11.4 Å². The zero-order valence-corrected chi connectivity index (χ0v) is 12.5. The summed E-state index contributed by atoms with van der Waals surface area (Å²) < 4.78 is 4.82. The third-order valence-corrected chi connectivity index (χ3v) is 3.21. The maximum atomic E-state index is 11.9. The van der Waals surface area contributed by atoms with Gasteiger partial charge in [-0.25, -0.2) is 9.78 Å². The maximum Gasteiger partial charge on any atom is 0.341 e. The molecule has 0 aliphatic heterocycles. The number of aromatic nitrogens is 1. The molecule has 5 nitrogen and oxygen atoms in total. The summed E-state index contributed by atoms with van der Waals surface area (Å²) in [4.78, 5) is 18.2. The van der Waals surface area contributed by atoms with Gasteiger partial charge >= 0.3 is 5.97 Å². The molecule has 0 saturated heterocycles. The number of aryl methyl sites for hydroxylation is 1. The zero-order valence-electron chi connectivity index (χ0n) is 12.5. The van der Waals surface area contributed by atoms with E-state index in [0.717, 1.165) is 5.69 Å². The first kappa shape index (κ1) is 14.8. The van der Waals surface area contributed by atoms with Gasteiger partial charge in [-0.3, -0.25) is 0 Å². The van der Waals surface area contributed by atoms with E-state index in [1.807, 2.05) is 43.0 Å². The molecule has 2 N–H and O–H groups in total. The van der Waals surface area contributed by atoms with Gasteiger partial charge in [-0.15, -0.1) is 0 Å². The lowest BCUT2D eigenvalue weighted by Gasteiger charge is -2.24. The zero-order chi connectivity index (χ0) is 15.4. The highest BCUT2D eigenvalue weighted by Gasteiger charge is 2.19. The van der Waals surface area contributed by atoms with E-state index >= 15 is 0 Å². The van der Waals surface area contributed by atoms with Crippen LogP contribution in [0.5, 0.6) is 0 Å². The molecule has 0 aliphatic carbocycles. The summed E-state index contributed by atoms with van der Waals surface area (Å²) in [7, 11) is 1.34. The van der Waals surface area contributed by atoms with E-state index in [9.17, 15) is 4.79 Å². The van der Waals surface area contributed by atoms with Crippen LogP contribution in [0.1, 0.15) is 22.8 Å². The Balaban J connectivity index is 2.51. The number of esters is 1. The van der Waals surface area contributed by atoms with Crippen molar-refractivity contribution in [1.29, 1.82) is 0 Å². The third kappa shape index (κ3) is 3.13. The van der Waals surface area contributed by atoms with Crippen molar-refractivity contribution in [2.45, 2.75) is 13.8 Å². The second-order valence-corrected chi connectivity index (χ2v) is 4.71. The van der Waals surface area contributed by atoms with Crippen LogP contribution < -0.4 is 10.6 Å². The van der Waals surface area contributed by atoms with Crippen LogP contribution in [0.25, 0.3) is 0 Å². The molecule has 21 heavy (non-hydrogen) atoms. The molecule has 0 bridgehead atoms. The number of ether oxygens (including phenoxy) is 1. The predicted octanol–water partition coefficient (Wildman–Crippen LogP) is 2.92. The molecule has 1 aromatic heterocycles. The Labute approximate surface area is 124 Å². The molecule has 2 rings (SSSR count). The number of carbonyl (C=O) groups is 1. The summed E-state index contributed by atoms with van der Waals surface area (Å²) in [6, 6.07) is 9.63. The minimum atomic E-state index is -0.449. The molecule has 1 aromatic carbocycles. The number of hydrogen-bond donors (Lipinski definition) is 1. The van der Waals surface area contributed by atoms with Crippen molar-refractivity contribution < 1.29 is 9.53 Å². The fourth-order valence-corrected chi connectivity index (χ4v) is 2.13. The molecule has 0 aliphatic rings. The monoisotopic (exact) mass is 285 g/mol. The van der Waals surface area contributed by atoms with Crippen molar-refractivity contribution in [3.05, 3.63) is 47.7 Å². The minimum Gasteiger partial charge on any atom is -0.465 e. The fraction of sp³-hybridized carbons (Fsp3) is 0.250. The van der Waals surface area contributed by atoms with E-state index in [0.29, 0.717) is 23.6 Å². The molecule has 0 amide bonds. The van der Waals surface area contributed by atoms with E-state index in [-0.39, 0.29) is 0 Å². The highest BCUT2D eigenvalue weighted by molar-refractivity contribution is 5.96. The number of pyridine rings is 1. The van der Waals surface area contributed by atoms with E-state index in [1.165, 1.54) is 12.7 Å². The van der Waals surface area contributed by atoms with Crippen molar-refractivity contribution in [2.75, 3.05) is 24.3 Å². The maximum absolute atomic E-state index is 11.9. The van der Waals surface area contributed by atoms with Gasteiger partial charge in [0.2, 0.25) is 0 Å². The van der Waals surface area contributed by atoms with Crippen molar-refractivity contribution in [3.8, 4) is 0 Å². The number of nitrogens with zero attached hydrogens (tertiary/aromatic N) is 2. The van der Waals surface area contributed by atoms with Gasteiger partial charge in [0.15, 0.2) is 0 Å². The van der Waals surface area contributed by atoms with E-state index < -0.39 is 5.97 Å². The lowest BCUT2D eigenvalue weighted by atomic mass is 10.2. The van der Waals surface area contributed by atoms with E-state index in [4.69, 9.17) is 10.5 Å². The Kier molecular flexibility index (Phi) is 4.42. The van der Waals surface area contributed by atoms with E-state index in [2.05, 4.69) is 4.98 Å². The van der Waals surface area contributed by atoms with Crippen LogP contribution >= 0.6 is 0 Å². The first-order valence-corrected chi connectivity index (χ1v) is 6.74. The fourth-order valence-electron chi connectivity index (χ4n) is 2.13. The molecular weight excluding hydrogens is 266 g/mol. The topological polar surface area (TPSA) is 68.5 Å². The van der Waals surface area contributed by atoms with Crippen molar-refractivity contribution in [3.63, 3.8) is 0 Å². The lowest BCUT2D eigenvalue weighted by Crippen LogP contribution is -2.21. The number of hydrogen-bond acceptors (Lipinski definition) is 5. The molecule has 0 radical (unpaired) electrons. The Bertz CT molecular complexity index is 638. The quantitative estimate of drug-likeness (QED) is 0.875. The highest BCUT2D eigenvalue weighted by atomic mass is 16.5.